The second-order valence-corrected chi connectivity index (χ2v) is 2.98. The number of hydrogen-bond acceptors (Lipinski definition) is 2. The smallest absolute Gasteiger partial charge is 0.178 e. The van der Waals surface area contributed by atoms with Crippen LogP contribution in [0.25, 0.3) is 0 Å². The molecular weight excluding hydrogens is 243 g/mol. The summed E-state index contributed by atoms with van der Waals surface area (Å²) in [5, 5.41) is 0. The third-order valence-corrected chi connectivity index (χ3v) is 1.72. The van der Waals surface area contributed by atoms with Crippen LogP contribution in [0.1, 0.15) is 6.42 Å². The average molecular weight is 256 g/mol. The van der Waals surface area contributed by atoms with Gasteiger partial charge in [-0.25, -0.2) is 0 Å². The summed E-state index contributed by atoms with van der Waals surface area (Å²) in [6, 6.07) is 0. The molecule has 0 aliphatic heterocycles. The third-order valence-electron chi connectivity index (χ3n) is 1.18. The zero-order valence-corrected chi connectivity index (χ0v) is 8.55. The van der Waals surface area contributed by atoms with Crippen molar-refractivity contribution in [3.05, 3.63) is 12.2 Å². The summed E-state index contributed by atoms with van der Waals surface area (Å²) in [7, 11) is 3.24. The standard InChI is InChI=1S/C7H13IO2/c1-6(4-5-8)7(9-2)10-3/h7H,1,4-5H2,2-3H3. The van der Waals surface area contributed by atoms with Crippen molar-refractivity contribution in [1.82, 2.24) is 0 Å². The summed E-state index contributed by atoms with van der Waals surface area (Å²) in [6.07, 6.45) is 0.724. The first-order valence-corrected chi connectivity index (χ1v) is 4.58. The Bertz CT molecular complexity index is 99.8. The minimum absolute atomic E-state index is 0.227. The predicted molar refractivity (Wildman–Crippen MR) is 50.5 cm³/mol. The van der Waals surface area contributed by atoms with Crippen LogP contribution in [0, 0.1) is 0 Å². The van der Waals surface area contributed by atoms with Gasteiger partial charge in [-0.1, -0.05) is 29.2 Å². The highest BCUT2D eigenvalue weighted by atomic mass is 127. The Labute approximate surface area is 75.7 Å². The van der Waals surface area contributed by atoms with Gasteiger partial charge in [0.05, 0.1) is 0 Å². The van der Waals surface area contributed by atoms with Crippen LogP contribution in [-0.4, -0.2) is 24.9 Å². The molecule has 0 saturated carbocycles. The molecule has 2 nitrogen and oxygen atoms in total. The highest BCUT2D eigenvalue weighted by Crippen LogP contribution is 2.09. The molecule has 0 saturated heterocycles. The van der Waals surface area contributed by atoms with E-state index in [4.69, 9.17) is 9.47 Å². The maximum atomic E-state index is 4.99. The Morgan fingerprint density at radius 3 is 2.30 bits per heavy atom. The highest BCUT2D eigenvalue weighted by molar-refractivity contribution is 14.1. The Kier molecular flexibility index (Phi) is 6.36. The van der Waals surface area contributed by atoms with Gasteiger partial charge in [0.25, 0.3) is 0 Å². The number of hydrogen-bond donors (Lipinski definition) is 0. The monoisotopic (exact) mass is 256 g/mol. The summed E-state index contributed by atoms with van der Waals surface area (Å²) in [5.74, 6) is 0. The van der Waals surface area contributed by atoms with Crippen molar-refractivity contribution in [3.8, 4) is 0 Å². The lowest BCUT2D eigenvalue weighted by atomic mass is 10.2. The van der Waals surface area contributed by atoms with Crippen molar-refractivity contribution in [2.75, 3.05) is 18.6 Å². The molecule has 0 aromatic heterocycles. The zero-order chi connectivity index (χ0) is 7.98. The van der Waals surface area contributed by atoms with Crippen LogP contribution in [-0.2, 0) is 9.47 Å². The van der Waals surface area contributed by atoms with Gasteiger partial charge in [0.1, 0.15) is 0 Å². The van der Waals surface area contributed by atoms with E-state index in [1.807, 2.05) is 0 Å². The Balaban J connectivity index is 3.65. The molecule has 0 bridgehead atoms. The van der Waals surface area contributed by atoms with Gasteiger partial charge >= 0.3 is 0 Å². The summed E-state index contributed by atoms with van der Waals surface area (Å²) in [4.78, 5) is 0. The van der Waals surface area contributed by atoms with Gasteiger partial charge in [0, 0.05) is 18.6 Å². The predicted octanol–water partition coefficient (Wildman–Crippen LogP) is 1.99. The quantitative estimate of drug-likeness (QED) is 0.324. The van der Waals surface area contributed by atoms with Crippen molar-refractivity contribution >= 4 is 22.6 Å². The largest absolute Gasteiger partial charge is 0.352 e. The molecular formula is C7H13IO2. The third kappa shape index (κ3) is 3.53. The van der Waals surface area contributed by atoms with Crippen molar-refractivity contribution in [1.29, 1.82) is 0 Å². The number of methoxy groups -OCH3 is 2. The molecule has 0 aromatic rings. The Hall–Kier alpha value is 0.390. The Morgan fingerprint density at radius 2 is 2.00 bits per heavy atom. The molecule has 3 heteroatoms. The zero-order valence-electron chi connectivity index (χ0n) is 6.39. The molecule has 0 amide bonds. The molecule has 60 valence electrons. The van der Waals surface area contributed by atoms with Crippen LogP contribution < -0.4 is 0 Å². The van der Waals surface area contributed by atoms with E-state index in [0.717, 1.165) is 16.4 Å². The molecule has 0 heterocycles. The van der Waals surface area contributed by atoms with Crippen molar-refractivity contribution in [2.24, 2.45) is 0 Å². The fourth-order valence-corrected chi connectivity index (χ4v) is 1.36. The first-order chi connectivity index (χ1) is 4.76. The SMILES string of the molecule is C=C(CCI)C(OC)OC. The van der Waals surface area contributed by atoms with Crippen LogP contribution in [0.5, 0.6) is 0 Å². The molecule has 0 rings (SSSR count). The van der Waals surface area contributed by atoms with Crippen LogP contribution in [0.4, 0.5) is 0 Å². The minimum Gasteiger partial charge on any atom is -0.352 e. The van der Waals surface area contributed by atoms with E-state index in [2.05, 4.69) is 29.2 Å². The van der Waals surface area contributed by atoms with E-state index in [1.165, 1.54) is 0 Å². The average Bonchev–Trinajstić information content (AvgIpc) is 1.91. The molecule has 0 aliphatic rings. The fourth-order valence-electron chi connectivity index (χ4n) is 0.669. The van der Waals surface area contributed by atoms with Crippen LogP contribution in [0.15, 0.2) is 12.2 Å². The number of alkyl halides is 1. The van der Waals surface area contributed by atoms with Gasteiger partial charge in [-0.3, -0.25) is 0 Å². The molecule has 0 unspecified atom stereocenters. The van der Waals surface area contributed by atoms with Crippen molar-refractivity contribution < 1.29 is 9.47 Å². The van der Waals surface area contributed by atoms with Gasteiger partial charge in [0.2, 0.25) is 0 Å². The molecule has 0 aromatic carbocycles. The lowest BCUT2D eigenvalue weighted by Gasteiger charge is -2.14. The number of ether oxygens (including phenoxy) is 2. The molecule has 0 spiro atoms. The van der Waals surface area contributed by atoms with Crippen LogP contribution >= 0.6 is 22.6 Å². The first kappa shape index (κ1) is 10.4. The van der Waals surface area contributed by atoms with Gasteiger partial charge < -0.3 is 9.47 Å². The van der Waals surface area contributed by atoms with Crippen molar-refractivity contribution in [3.63, 3.8) is 0 Å². The molecule has 0 fully saturated rings. The number of rotatable bonds is 5. The molecule has 0 aliphatic carbocycles. The van der Waals surface area contributed by atoms with Gasteiger partial charge in [-0.2, -0.15) is 0 Å². The topological polar surface area (TPSA) is 18.5 Å². The lowest BCUT2D eigenvalue weighted by Crippen LogP contribution is -2.15. The van der Waals surface area contributed by atoms with E-state index < -0.39 is 0 Å². The van der Waals surface area contributed by atoms with Crippen LogP contribution in [0.2, 0.25) is 0 Å². The van der Waals surface area contributed by atoms with E-state index in [9.17, 15) is 0 Å². The normalized spacial score (nSPS) is 10.4. The summed E-state index contributed by atoms with van der Waals surface area (Å²) >= 11 is 2.30. The van der Waals surface area contributed by atoms with E-state index in [-0.39, 0.29) is 6.29 Å². The first-order valence-electron chi connectivity index (χ1n) is 3.05. The van der Waals surface area contributed by atoms with Gasteiger partial charge in [-0.05, 0) is 12.0 Å². The minimum atomic E-state index is -0.227. The maximum Gasteiger partial charge on any atom is 0.178 e. The van der Waals surface area contributed by atoms with Crippen LogP contribution in [0.3, 0.4) is 0 Å². The van der Waals surface area contributed by atoms with E-state index >= 15 is 0 Å². The van der Waals surface area contributed by atoms with E-state index in [1.54, 1.807) is 14.2 Å². The van der Waals surface area contributed by atoms with Gasteiger partial charge in [0.15, 0.2) is 6.29 Å². The lowest BCUT2D eigenvalue weighted by molar-refractivity contribution is -0.0758. The summed E-state index contributed by atoms with van der Waals surface area (Å²) in [5.41, 5.74) is 0.999. The van der Waals surface area contributed by atoms with Gasteiger partial charge in [-0.15, -0.1) is 0 Å². The summed E-state index contributed by atoms with van der Waals surface area (Å²) < 4.78 is 11.0. The summed E-state index contributed by atoms with van der Waals surface area (Å²) in [6.45, 7) is 3.83. The Morgan fingerprint density at radius 1 is 1.50 bits per heavy atom. The molecule has 0 N–H and O–H groups in total. The van der Waals surface area contributed by atoms with Crippen molar-refractivity contribution in [2.45, 2.75) is 12.7 Å². The molecule has 10 heavy (non-hydrogen) atoms. The maximum absolute atomic E-state index is 4.99. The fraction of sp³-hybridized carbons (Fsp3) is 0.714. The molecule has 0 radical (unpaired) electrons. The molecule has 0 atom stereocenters. The second kappa shape index (κ2) is 6.12. The second-order valence-electron chi connectivity index (χ2n) is 1.90. The van der Waals surface area contributed by atoms with E-state index in [0.29, 0.717) is 0 Å². The highest BCUT2D eigenvalue weighted by Gasteiger charge is 2.07. The number of halogens is 1.